The number of nitrogens with one attached hydrogen (secondary N) is 1. The Kier molecular flexibility index (Phi) is 4.42. The van der Waals surface area contributed by atoms with Crippen LogP contribution in [-0.2, 0) is 0 Å². The van der Waals surface area contributed by atoms with Gasteiger partial charge in [-0.3, -0.25) is 4.90 Å². The van der Waals surface area contributed by atoms with Crippen LogP contribution in [0.25, 0.3) is 0 Å². The van der Waals surface area contributed by atoms with Gasteiger partial charge in [-0.1, -0.05) is 36.2 Å². The third-order valence-electron chi connectivity index (χ3n) is 4.92. The summed E-state index contributed by atoms with van der Waals surface area (Å²) in [6.07, 6.45) is 6.86. The molecule has 1 heterocycles. The van der Waals surface area contributed by atoms with Gasteiger partial charge in [0.05, 0.1) is 0 Å². The standard InChI is InChI=1S/C18H28N2/c1-14-6-8-15(9-7-14)18-16(13-19-17-10-11-17)5-3-4-12-20(18)2/h6-9,16-19H,3-5,10-13H2,1-2H3. The highest BCUT2D eigenvalue weighted by Gasteiger charge is 2.30. The Morgan fingerprint density at radius 1 is 1.10 bits per heavy atom. The maximum absolute atomic E-state index is 3.76. The summed E-state index contributed by atoms with van der Waals surface area (Å²) < 4.78 is 0. The summed E-state index contributed by atoms with van der Waals surface area (Å²) >= 11 is 0. The van der Waals surface area contributed by atoms with Gasteiger partial charge in [0.25, 0.3) is 0 Å². The van der Waals surface area contributed by atoms with Crippen molar-refractivity contribution in [3.8, 4) is 0 Å². The van der Waals surface area contributed by atoms with Gasteiger partial charge in [-0.05, 0) is 57.7 Å². The third kappa shape index (κ3) is 3.42. The summed E-state index contributed by atoms with van der Waals surface area (Å²) in [7, 11) is 2.31. The fraction of sp³-hybridized carbons (Fsp3) is 0.667. The average Bonchev–Trinajstić information content (AvgIpc) is 3.26. The van der Waals surface area contributed by atoms with E-state index in [0.717, 1.165) is 12.0 Å². The van der Waals surface area contributed by atoms with E-state index in [9.17, 15) is 0 Å². The molecule has 1 saturated carbocycles. The Hall–Kier alpha value is -0.860. The zero-order chi connectivity index (χ0) is 13.9. The largest absolute Gasteiger partial charge is 0.314 e. The van der Waals surface area contributed by atoms with Gasteiger partial charge in [-0.2, -0.15) is 0 Å². The maximum Gasteiger partial charge on any atom is 0.0385 e. The molecule has 1 aromatic carbocycles. The highest BCUT2D eigenvalue weighted by molar-refractivity contribution is 5.25. The predicted molar refractivity (Wildman–Crippen MR) is 84.9 cm³/mol. The number of rotatable bonds is 4. The summed E-state index contributed by atoms with van der Waals surface area (Å²) in [5, 5.41) is 3.76. The normalized spacial score (nSPS) is 28.3. The summed E-state index contributed by atoms with van der Waals surface area (Å²) in [6.45, 7) is 4.60. The minimum atomic E-state index is 0.587. The first-order valence-electron chi connectivity index (χ1n) is 8.24. The van der Waals surface area contributed by atoms with Crippen LogP contribution in [0.2, 0.25) is 0 Å². The van der Waals surface area contributed by atoms with Crippen molar-refractivity contribution in [3.05, 3.63) is 35.4 Å². The van der Waals surface area contributed by atoms with Crippen molar-refractivity contribution in [1.29, 1.82) is 0 Å². The van der Waals surface area contributed by atoms with Gasteiger partial charge in [0, 0.05) is 18.6 Å². The van der Waals surface area contributed by atoms with Crippen molar-refractivity contribution in [2.24, 2.45) is 5.92 Å². The first kappa shape index (κ1) is 14.1. The van der Waals surface area contributed by atoms with Gasteiger partial charge >= 0.3 is 0 Å². The molecule has 2 atom stereocenters. The van der Waals surface area contributed by atoms with Crippen LogP contribution in [0.4, 0.5) is 0 Å². The maximum atomic E-state index is 3.76. The zero-order valence-electron chi connectivity index (χ0n) is 12.9. The van der Waals surface area contributed by atoms with E-state index in [2.05, 4.69) is 48.5 Å². The van der Waals surface area contributed by atoms with E-state index in [1.54, 1.807) is 0 Å². The van der Waals surface area contributed by atoms with Crippen LogP contribution in [0.3, 0.4) is 0 Å². The lowest BCUT2D eigenvalue weighted by Crippen LogP contribution is -2.35. The van der Waals surface area contributed by atoms with E-state index in [1.807, 2.05) is 0 Å². The van der Waals surface area contributed by atoms with Crippen molar-refractivity contribution in [2.45, 2.75) is 51.1 Å². The number of aryl methyl sites for hydroxylation is 1. The minimum absolute atomic E-state index is 0.587. The molecule has 1 aliphatic heterocycles. The van der Waals surface area contributed by atoms with Gasteiger partial charge in [-0.15, -0.1) is 0 Å². The van der Waals surface area contributed by atoms with Crippen LogP contribution in [0.1, 0.15) is 49.3 Å². The second-order valence-electron chi connectivity index (χ2n) is 6.77. The van der Waals surface area contributed by atoms with Crippen LogP contribution in [0, 0.1) is 12.8 Å². The molecule has 2 nitrogen and oxygen atoms in total. The van der Waals surface area contributed by atoms with Crippen LogP contribution >= 0.6 is 0 Å². The van der Waals surface area contributed by atoms with Crippen LogP contribution in [-0.4, -0.2) is 31.1 Å². The molecule has 0 aromatic heterocycles. The molecule has 2 aliphatic rings. The van der Waals surface area contributed by atoms with Gasteiger partial charge in [0.15, 0.2) is 0 Å². The Balaban J connectivity index is 1.77. The van der Waals surface area contributed by atoms with Gasteiger partial charge < -0.3 is 5.32 Å². The van der Waals surface area contributed by atoms with Crippen molar-refractivity contribution in [1.82, 2.24) is 10.2 Å². The second-order valence-corrected chi connectivity index (χ2v) is 6.77. The fourth-order valence-corrected chi connectivity index (χ4v) is 3.53. The first-order valence-corrected chi connectivity index (χ1v) is 8.24. The summed E-state index contributed by atoms with van der Waals surface area (Å²) in [6, 6.07) is 10.6. The summed E-state index contributed by atoms with van der Waals surface area (Å²) in [4.78, 5) is 2.58. The molecule has 0 bridgehead atoms. The quantitative estimate of drug-likeness (QED) is 0.902. The van der Waals surface area contributed by atoms with E-state index in [-0.39, 0.29) is 0 Å². The third-order valence-corrected chi connectivity index (χ3v) is 4.92. The molecule has 2 fully saturated rings. The zero-order valence-corrected chi connectivity index (χ0v) is 12.9. The molecule has 110 valence electrons. The molecular weight excluding hydrogens is 244 g/mol. The van der Waals surface area contributed by atoms with Crippen molar-refractivity contribution >= 4 is 0 Å². The molecule has 1 aliphatic carbocycles. The van der Waals surface area contributed by atoms with Gasteiger partial charge in [-0.25, -0.2) is 0 Å². The number of nitrogens with zero attached hydrogens (tertiary/aromatic N) is 1. The Bertz CT molecular complexity index is 422. The smallest absolute Gasteiger partial charge is 0.0385 e. The molecule has 0 spiro atoms. The van der Waals surface area contributed by atoms with E-state index in [1.165, 1.54) is 56.3 Å². The van der Waals surface area contributed by atoms with Crippen LogP contribution in [0.15, 0.2) is 24.3 Å². The molecule has 2 heteroatoms. The molecule has 2 unspecified atom stereocenters. The minimum Gasteiger partial charge on any atom is -0.314 e. The first-order chi connectivity index (χ1) is 9.74. The SMILES string of the molecule is Cc1ccc(C2C(CNC3CC3)CCCCN2C)cc1. The molecule has 0 radical (unpaired) electrons. The van der Waals surface area contributed by atoms with Crippen molar-refractivity contribution in [2.75, 3.05) is 20.1 Å². The topological polar surface area (TPSA) is 15.3 Å². The Labute approximate surface area is 123 Å². The van der Waals surface area contributed by atoms with Crippen molar-refractivity contribution < 1.29 is 0 Å². The predicted octanol–water partition coefficient (Wildman–Crippen LogP) is 3.52. The van der Waals surface area contributed by atoms with Crippen LogP contribution < -0.4 is 5.32 Å². The number of hydrogen-bond acceptors (Lipinski definition) is 2. The molecule has 1 N–H and O–H groups in total. The number of likely N-dealkylation sites (tertiary alicyclic amines) is 1. The van der Waals surface area contributed by atoms with Gasteiger partial charge in [0.1, 0.15) is 0 Å². The van der Waals surface area contributed by atoms with E-state index in [4.69, 9.17) is 0 Å². The van der Waals surface area contributed by atoms with E-state index < -0.39 is 0 Å². The molecule has 0 amide bonds. The lowest BCUT2D eigenvalue weighted by molar-refractivity contribution is 0.189. The molecule has 20 heavy (non-hydrogen) atoms. The molecule has 1 aromatic rings. The average molecular weight is 272 g/mol. The Morgan fingerprint density at radius 2 is 1.85 bits per heavy atom. The van der Waals surface area contributed by atoms with Crippen molar-refractivity contribution in [3.63, 3.8) is 0 Å². The fourth-order valence-electron chi connectivity index (χ4n) is 3.53. The molecule has 1 saturated heterocycles. The molecular formula is C18H28N2. The summed E-state index contributed by atoms with van der Waals surface area (Å²) in [5.41, 5.74) is 2.86. The highest BCUT2D eigenvalue weighted by Crippen LogP contribution is 2.34. The lowest BCUT2D eigenvalue weighted by Gasteiger charge is -2.33. The lowest BCUT2D eigenvalue weighted by atomic mass is 9.89. The number of hydrogen-bond donors (Lipinski definition) is 1. The second kappa shape index (κ2) is 6.28. The van der Waals surface area contributed by atoms with Gasteiger partial charge in [0.2, 0.25) is 0 Å². The van der Waals surface area contributed by atoms with E-state index in [0.29, 0.717) is 6.04 Å². The van der Waals surface area contributed by atoms with Crippen LogP contribution in [0.5, 0.6) is 0 Å². The number of benzene rings is 1. The molecule has 3 rings (SSSR count). The monoisotopic (exact) mass is 272 g/mol. The summed E-state index contributed by atoms with van der Waals surface area (Å²) in [5.74, 6) is 0.755. The van der Waals surface area contributed by atoms with E-state index >= 15 is 0 Å². The highest BCUT2D eigenvalue weighted by atomic mass is 15.1. The Morgan fingerprint density at radius 3 is 2.55 bits per heavy atom.